The second-order valence-corrected chi connectivity index (χ2v) is 4.62. The van der Waals surface area contributed by atoms with Crippen molar-refractivity contribution in [1.29, 1.82) is 0 Å². The maximum atomic E-state index is 12.5. The molecule has 0 bridgehead atoms. The van der Waals surface area contributed by atoms with Crippen molar-refractivity contribution in [2.24, 2.45) is 0 Å². The Bertz CT molecular complexity index is 507. The lowest BCUT2D eigenvalue weighted by atomic mass is 10.2. The molecule has 0 spiro atoms. The lowest BCUT2D eigenvalue weighted by Crippen LogP contribution is -2.36. The molecule has 104 valence electrons. The summed E-state index contributed by atoms with van der Waals surface area (Å²) >= 11 is 5.79. The molecule has 2 heterocycles. The first-order valence-corrected chi connectivity index (χ1v) is 5.90. The van der Waals surface area contributed by atoms with Gasteiger partial charge in [-0.15, -0.1) is 0 Å². The van der Waals surface area contributed by atoms with E-state index in [0.29, 0.717) is 25.6 Å². The molecule has 0 radical (unpaired) electrons. The Morgan fingerprint density at radius 3 is 2.74 bits per heavy atom. The van der Waals surface area contributed by atoms with Crippen molar-refractivity contribution < 1.29 is 23.1 Å². The number of carboxylic acid groups (broad SMARTS) is 1. The molecule has 1 saturated heterocycles. The highest BCUT2D eigenvalue weighted by atomic mass is 35.5. The number of aromatic nitrogens is 1. The number of anilines is 1. The quantitative estimate of drug-likeness (QED) is 0.911. The van der Waals surface area contributed by atoms with Gasteiger partial charge in [0.05, 0.1) is 10.6 Å². The smallest absolute Gasteiger partial charge is 0.417 e. The third-order valence-corrected chi connectivity index (χ3v) is 3.24. The van der Waals surface area contributed by atoms with Gasteiger partial charge < -0.3 is 10.0 Å². The fourth-order valence-corrected chi connectivity index (χ4v) is 2.35. The maximum Gasteiger partial charge on any atom is 0.417 e. The SMILES string of the molecule is O=C(O)C1CCCN1c1ncc(C(F)(F)F)cc1Cl. The minimum Gasteiger partial charge on any atom is -0.480 e. The Hall–Kier alpha value is -1.50. The van der Waals surface area contributed by atoms with E-state index in [-0.39, 0.29) is 10.8 Å². The highest BCUT2D eigenvalue weighted by Gasteiger charge is 2.35. The summed E-state index contributed by atoms with van der Waals surface area (Å²) in [5.74, 6) is -0.949. The number of alkyl halides is 3. The summed E-state index contributed by atoms with van der Waals surface area (Å²) in [6, 6.07) is -0.0251. The zero-order valence-corrected chi connectivity index (χ0v) is 10.4. The van der Waals surface area contributed by atoms with E-state index in [2.05, 4.69) is 4.98 Å². The molecule has 8 heteroatoms. The minimum atomic E-state index is -4.52. The predicted octanol–water partition coefficient (Wildman–Crippen LogP) is 2.81. The van der Waals surface area contributed by atoms with E-state index in [4.69, 9.17) is 16.7 Å². The Morgan fingerprint density at radius 1 is 1.53 bits per heavy atom. The highest BCUT2D eigenvalue weighted by Crippen LogP contribution is 2.35. The number of carbonyl (C=O) groups is 1. The molecule has 1 aliphatic heterocycles. The van der Waals surface area contributed by atoms with Crippen LogP contribution >= 0.6 is 11.6 Å². The zero-order valence-electron chi connectivity index (χ0n) is 9.62. The van der Waals surface area contributed by atoms with Crippen LogP contribution in [-0.2, 0) is 11.0 Å². The topological polar surface area (TPSA) is 53.4 Å². The summed E-state index contributed by atoms with van der Waals surface area (Å²) in [5.41, 5.74) is -0.952. The number of pyridine rings is 1. The Kier molecular flexibility index (Phi) is 3.58. The fraction of sp³-hybridized carbons (Fsp3) is 0.455. The van der Waals surface area contributed by atoms with Crippen molar-refractivity contribution >= 4 is 23.4 Å². The van der Waals surface area contributed by atoms with E-state index >= 15 is 0 Å². The molecule has 1 aromatic heterocycles. The van der Waals surface area contributed by atoms with Gasteiger partial charge >= 0.3 is 12.1 Å². The van der Waals surface area contributed by atoms with Gasteiger partial charge in [-0.3, -0.25) is 0 Å². The van der Waals surface area contributed by atoms with Crippen LogP contribution in [0.25, 0.3) is 0 Å². The summed E-state index contributed by atoms with van der Waals surface area (Å²) in [5, 5.41) is 8.84. The summed E-state index contributed by atoms with van der Waals surface area (Å²) < 4.78 is 37.4. The third-order valence-electron chi connectivity index (χ3n) is 2.96. The average Bonchev–Trinajstić information content (AvgIpc) is 2.76. The van der Waals surface area contributed by atoms with E-state index in [1.54, 1.807) is 0 Å². The van der Waals surface area contributed by atoms with E-state index in [9.17, 15) is 18.0 Å². The first-order chi connectivity index (χ1) is 8.80. The van der Waals surface area contributed by atoms with Crippen molar-refractivity contribution in [3.8, 4) is 0 Å². The Morgan fingerprint density at radius 2 is 2.21 bits per heavy atom. The van der Waals surface area contributed by atoms with E-state index in [1.807, 2.05) is 0 Å². The van der Waals surface area contributed by atoms with E-state index in [0.717, 1.165) is 6.07 Å². The first kappa shape index (κ1) is 13.9. The number of halogens is 4. The number of rotatable bonds is 2. The molecular weight excluding hydrogens is 285 g/mol. The highest BCUT2D eigenvalue weighted by molar-refractivity contribution is 6.33. The maximum absolute atomic E-state index is 12.5. The van der Waals surface area contributed by atoms with Crippen molar-refractivity contribution in [1.82, 2.24) is 4.98 Å². The van der Waals surface area contributed by atoms with Gasteiger partial charge in [-0.05, 0) is 18.9 Å². The van der Waals surface area contributed by atoms with Crippen molar-refractivity contribution in [2.45, 2.75) is 25.1 Å². The molecule has 0 aromatic carbocycles. The van der Waals surface area contributed by atoms with Crippen LogP contribution in [-0.4, -0.2) is 28.6 Å². The zero-order chi connectivity index (χ0) is 14.2. The van der Waals surface area contributed by atoms with Gasteiger partial charge in [0.15, 0.2) is 0 Å². The lowest BCUT2D eigenvalue weighted by molar-refractivity contribution is -0.139. The molecule has 0 aliphatic carbocycles. The molecule has 4 nitrogen and oxygen atoms in total. The van der Waals surface area contributed by atoms with Crippen LogP contribution in [0.1, 0.15) is 18.4 Å². The van der Waals surface area contributed by atoms with Crippen molar-refractivity contribution in [3.63, 3.8) is 0 Å². The number of carboxylic acids is 1. The molecule has 1 aromatic rings. The second kappa shape index (κ2) is 4.88. The number of nitrogens with zero attached hydrogens (tertiary/aromatic N) is 2. The largest absolute Gasteiger partial charge is 0.480 e. The van der Waals surface area contributed by atoms with Crippen LogP contribution in [0.15, 0.2) is 12.3 Å². The average molecular weight is 295 g/mol. The summed E-state index contributed by atoms with van der Waals surface area (Å²) in [6.07, 6.45) is -2.80. The molecule has 0 amide bonds. The molecule has 1 atom stereocenters. The normalized spacial score (nSPS) is 19.8. The molecule has 19 heavy (non-hydrogen) atoms. The monoisotopic (exact) mass is 294 g/mol. The van der Waals surface area contributed by atoms with Gasteiger partial charge in [-0.25, -0.2) is 9.78 Å². The Balaban J connectivity index is 2.34. The van der Waals surface area contributed by atoms with Crippen LogP contribution in [0.2, 0.25) is 5.02 Å². The summed E-state index contributed by atoms with van der Waals surface area (Å²) in [4.78, 5) is 16.1. The molecule has 2 rings (SSSR count). The Labute approximate surface area is 111 Å². The molecule has 1 aliphatic rings. The fourth-order valence-electron chi connectivity index (χ4n) is 2.07. The van der Waals surface area contributed by atoms with Gasteiger partial charge in [0.25, 0.3) is 0 Å². The van der Waals surface area contributed by atoms with Gasteiger partial charge in [-0.1, -0.05) is 11.6 Å². The summed E-state index contributed by atoms with van der Waals surface area (Å²) in [6.45, 7) is 0.412. The van der Waals surface area contributed by atoms with Gasteiger partial charge in [0, 0.05) is 12.7 Å². The third kappa shape index (κ3) is 2.75. The number of aliphatic carboxylic acids is 1. The van der Waals surface area contributed by atoms with E-state index < -0.39 is 23.8 Å². The van der Waals surface area contributed by atoms with Crippen LogP contribution in [0.5, 0.6) is 0 Å². The summed E-state index contributed by atoms with van der Waals surface area (Å²) in [7, 11) is 0. The molecule has 1 unspecified atom stereocenters. The van der Waals surface area contributed by atoms with Crippen LogP contribution in [0, 0.1) is 0 Å². The molecule has 1 fully saturated rings. The van der Waals surface area contributed by atoms with Crippen LogP contribution in [0.4, 0.5) is 19.0 Å². The minimum absolute atomic E-state index is 0.0829. The standard InChI is InChI=1S/C11H10ClF3N2O2/c12-7-4-6(11(13,14)15)5-16-9(7)17-3-1-2-8(17)10(18)19/h4-5,8H,1-3H2,(H,18,19). The molecule has 0 saturated carbocycles. The second-order valence-electron chi connectivity index (χ2n) is 4.22. The van der Waals surface area contributed by atoms with Crippen LogP contribution < -0.4 is 4.90 Å². The van der Waals surface area contributed by atoms with Crippen LogP contribution in [0.3, 0.4) is 0 Å². The van der Waals surface area contributed by atoms with Gasteiger partial charge in [0.1, 0.15) is 11.9 Å². The van der Waals surface area contributed by atoms with Crippen molar-refractivity contribution in [3.05, 3.63) is 22.8 Å². The van der Waals surface area contributed by atoms with E-state index in [1.165, 1.54) is 4.90 Å². The first-order valence-electron chi connectivity index (χ1n) is 5.53. The lowest BCUT2D eigenvalue weighted by Gasteiger charge is -2.23. The predicted molar refractivity (Wildman–Crippen MR) is 62.3 cm³/mol. The number of hydrogen-bond acceptors (Lipinski definition) is 3. The van der Waals surface area contributed by atoms with Crippen molar-refractivity contribution in [2.75, 3.05) is 11.4 Å². The van der Waals surface area contributed by atoms with Gasteiger partial charge in [0.2, 0.25) is 0 Å². The molecular formula is C11H10ClF3N2O2. The number of hydrogen-bond donors (Lipinski definition) is 1. The molecule has 1 N–H and O–H groups in total. The van der Waals surface area contributed by atoms with Gasteiger partial charge in [-0.2, -0.15) is 13.2 Å².